The lowest BCUT2D eigenvalue weighted by Gasteiger charge is -2.16. The summed E-state index contributed by atoms with van der Waals surface area (Å²) in [6, 6.07) is 5.68. The largest absolute Gasteiger partial charge is 0.388 e. The lowest BCUT2D eigenvalue weighted by molar-refractivity contribution is -0.385. The van der Waals surface area contributed by atoms with Crippen LogP contribution < -0.4 is 0 Å². The topological polar surface area (TPSA) is 80.4 Å². The van der Waals surface area contributed by atoms with Gasteiger partial charge >= 0.3 is 0 Å². The third-order valence-corrected chi connectivity index (χ3v) is 2.54. The van der Waals surface area contributed by atoms with Gasteiger partial charge in [-0.3, -0.25) is 14.9 Å². The second-order valence-corrected chi connectivity index (χ2v) is 3.70. The van der Waals surface area contributed by atoms with Crippen molar-refractivity contribution in [3.8, 4) is 0 Å². The van der Waals surface area contributed by atoms with Gasteiger partial charge in [0, 0.05) is 18.1 Å². The Morgan fingerprint density at radius 2 is 2.12 bits per heavy atom. The summed E-state index contributed by atoms with van der Waals surface area (Å²) in [5.74, 6) is -0.721. The number of aliphatic hydroxyl groups is 1. The van der Waals surface area contributed by atoms with Gasteiger partial charge < -0.3 is 5.11 Å². The Hall–Kier alpha value is -1.75. The van der Waals surface area contributed by atoms with Crippen LogP contribution in [0.3, 0.4) is 0 Å². The fourth-order valence-electron chi connectivity index (χ4n) is 1.33. The molecule has 0 aliphatic carbocycles. The third-order valence-electron chi connectivity index (χ3n) is 2.54. The van der Waals surface area contributed by atoms with Gasteiger partial charge in [0.25, 0.3) is 5.69 Å². The summed E-state index contributed by atoms with van der Waals surface area (Å²) >= 11 is 0. The minimum absolute atomic E-state index is 0.0905. The van der Waals surface area contributed by atoms with Crippen molar-refractivity contribution in [2.75, 3.05) is 0 Å². The lowest BCUT2D eigenvalue weighted by atomic mass is 9.94. The smallest absolute Gasteiger partial charge is 0.269 e. The second-order valence-electron chi connectivity index (χ2n) is 3.70. The maximum absolute atomic E-state index is 11.1. The number of nitro groups is 1. The molecule has 5 nitrogen and oxygen atoms in total. The van der Waals surface area contributed by atoms with Crippen LogP contribution in [0.5, 0.6) is 0 Å². The first-order valence-electron chi connectivity index (χ1n) is 4.86. The van der Waals surface area contributed by atoms with E-state index in [1.165, 1.54) is 25.1 Å². The minimum atomic E-state index is -1.00. The van der Waals surface area contributed by atoms with Gasteiger partial charge in [-0.25, -0.2) is 0 Å². The van der Waals surface area contributed by atoms with Gasteiger partial charge in [-0.1, -0.05) is 19.1 Å². The Bertz CT molecular complexity index is 416. The zero-order valence-corrected chi connectivity index (χ0v) is 9.08. The SMILES string of the molecule is CC(=O)[C@H](C)[C@H](O)c1cccc([N+](=O)[O-])c1. The number of hydrogen-bond acceptors (Lipinski definition) is 4. The summed E-state index contributed by atoms with van der Waals surface area (Å²) in [5.41, 5.74) is 0.296. The average Bonchev–Trinajstić information content (AvgIpc) is 2.27. The number of carbonyl (C=O) groups is 1. The van der Waals surface area contributed by atoms with Crippen LogP contribution in [-0.4, -0.2) is 15.8 Å². The molecule has 1 aromatic carbocycles. The molecule has 5 heteroatoms. The Balaban J connectivity index is 3.00. The van der Waals surface area contributed by atoms with Crippen molar-refractivity contribution in [1.29, 1.82) is 0 Å². The normalized spacial score (nSPS) is 14.2. The number of carbonyl (C=O) groups excluding carboxylic acids is 1. The molecule has 0 bridgehead atoms. The van der Waals surface area contributed by atoms with Crippen molar-refractivity contribution in [2.24, 2.45) is 5.92 Å². The van der Waals surface area contributed by atoms with Gasteiger partial charge in [-0.15, -0.1) is 0 Å². The van der Waals surface area contributed by atoms with Crippen molar-refractivity contribution in [3.63, 3.8) is 0 Å². The molecule has 2 atom stereocenters. The van der Waals surface area contributed by atoms with E-state index in [-0.39, 0.29) is 11.5 Å². The van der Waals surface area contributed by atoms with E-state index >= 15 is 0 Å². The number of benzene rings is 1. The Labute approximate surface area is 92.9 Å². The van der Waals surface area contributed by atoms with Gasteiger partial charge in [-0.2, -0.15) is 0 Å². The molecule has 0 heterocycles. The highest BCUT2D eigenvalue weighted by Gasteiger charge is 2.21. The van der Waals surface area contributed by atoms with Gasteiger partial charge in [0.2, 0.25) is 0 Å². The molecule has 1 rings (SSSR count). The van der Waals surface area contributed by atoms with E-state index in [1.807, 2.05) is 0 Å². The molecule has 16 heavy (non-hydrogen) atoms. The van der Waals surface area contributed by atoms with E-state index in [0.29, 0.717) is 5.56 Å². The monoisotopic (exact) mass is 223 g/mol. The van der Waals surface area contributed by atoms with Crippen LogP contribution in [0.2, 0.25) is 0 Å². The molecule has 0 saturated heterocycles. The van der Waals surface area contributed by atoms with E-state index in [2.05, 4.69) is 0 Å². The zero-order chi connectivity index (χ0) is 12.3. The molecule has 0 fully saturated rings. The van der Waals surface area contributed by atoms with Gasteiger partial charge in [0.15, 0.2) is 0 Å². The highest BCUT2D eigenvalue weighted by Crippen LogP contribution is 2.25. The number of nitrogens with zero attached hydrogens (tertiary/aromatic N) is 1. The fraction of sp³-hybridized carbons (Fsp3) is 0.364. The average molecular weight is 223 g/mol. The minimum Gasteiger partial charge on any atom is -0.388 e. The first kappa shape index (κ1) is 12.3. The van der Waals surface area contributed by atoms with E-state index in [4.69, 9.17) is 0 Å². The maximum atomic E-state index is 11.1. The van der Waals surface area contributed by atoms with Crippen LogP contribution in [0.25, 0.3) is 0 Å². The first-order chi connectivity index (χ1) is 7.43. The molecule has 0 radical (unpaired) electrons. The number of non-ortho nitro benzene ring substituents is 1. The number of hydrogen-bond donors (Lipinski definition) is 1. The van der Waals surface area contributed by atoms with Crippen molar-refractivity contribution < 1.29 is 14.8 Å². The molecule has 0 aromatic heterocycles. The van der Waals surface area contributed by atoms with Crippen molar-refractivity contribution in [3.05, 3.63) is 39.9 Å². The predicted octanol–water partition coefficient (Wildman–Crippen LogP) is 1.85. The molecule has 0 spiro atoms. The Morgan fingerprint density at radius 3 is 2.62 bits per heavy atom. The Morgan fingerprint density at radius 1 is 1.50 bits per heavy atom. The van der Waals surface area contributed by atoms with E-state index in [9.17, 15) is 20.0 Å². The molecule has 0 unspecified atom stereocenters. The molecular formula is C11H13NO4. The van der Waals surface area contributed by atoms with E-state index in [0.717, 1.165) is 0 Å². The number of rotatable bonds is 4. The molecule has 0 aliphatic heterocycles. The molecule has 0 aliphatic rings. The molecule has 1 N–H and O–H groups in total. The summed E-state index contributed by atoms with van der Waals surface area (Å²) in [5, 5.41) is 20.4. The number of ketones is 1. The summed E-state index contributed by atoms with van der Waals surface area (Å²) in [7, 11) is 0. The summed E-state index contributed by atoms with van der Waals surface area (Å²) in [6.07, 6.45) is -1.00. The van der Waals surface area contributed by atoms with E-state index in [1.54, 1.807) is 13.0 Å². The third kappa shape index (κ3) is 2.64. The van der Waals surface area contributed by atoms with Crippen LogP contribution in [-0.2, 0) is 4.79 Å². The van der Waals surface area contributed by atoms with Gasteiger partial charge in [0.05, 0.1) is 11.0 Å². The number of aliphatic hydroxyl groups excluding tert-OH is 1. The molecule has 86 valence electrons. The summed E-state index contributed by atoms with van der Waals surface area (Å²) in [4.78, 5) is 21.1. The Kier molecular flexibility index (Phi) is 3.73. The fourth-order valence-corrected chi connectivity index (χ4v) is 1.33. The first-order valence-corrected chi connectivity index (χ1v) is 4.86. The van der Waals surface area contributed by atoms with Crippen LogP contribution in [0.15, 0.2) is 24.3 Å². The zero-order valence-electron chi connectivity index (χ0n) is 9.08. The summed E-state index contributed by atoms with van der Waals surface area (Å²) < 4.78 is 0. The highest BCUT2D eigenvalue weighted by atomic mass is 16.6. The quantitative estimate of drug-likeness (QED) is 0.624. The summed E-state index contributed by atoms with van der Waals surface area (Å²) in [6.45, 7) is 2.97. The second kappa shape index (κ2) is 4.85. The number of Topliss-reactive ketones (excluding diaryl/α,β-unsaturated/α-hetero) is 1. The van der Waals surface area contributed by atoms with Crippen LogP contribution in [0, 0.1) is 16.0 Å². The van der Waals surface area contributed by atoms with Crippen LogP contribution in [0.4, 0.5) is 5.69 Å². The predicted molar refractivity (Wildman–Crippen MR) is 57.9 cm³/mol. The maximum Gasteiger partial charge on any atom is 0.269 e. The molecular weight excluding hydrogens is 210 g/mol. The highest BCUT2D eigenvalue weighted by molar-refractivity contribution is 5.78. The number of nitro benzene ring substituents is 1. The molecule has 0 saturated carbocycles. The standard InChI is InChI=1S/C11H13NO4/c1-7(8(2)13)11(14)9-4-3-5-10(6-9)12(15)16/h3-7,11,14H,1-2H3/t7-,11-/m0/s1. The molecule has 0 amide bonds. The van der Waals surface area contributed by atoms with Crippen LogP contribution >= 0.6 is 0 Å². The van der Waals surface area contributed by atoms with E-state index < -0.39 is 16.9 Å². The lowest BCUT2D eigenvalue weighted by Crippen LogP contribution is -2.16. The van der Waals surface area contributed by atoms with Crippen LogP contribution in [0.1, 0.15) is 25.5 Å². The van der Waals surface area contributed by atoms with Crippen molar-refractivity contribution in [2.45, 2.75) is 20.0 Å². The van der Waals surface area contributed by atoms with Crippen molar-refractivity contribution >= 4 is 11.5 Å². The molecule has 1 aromatic rings. The van der Waals surface area contributed by atoms with Gasteiger partial charge in [0.1, 0.15) is 5.78 Å². The van der Waals surface area contributed by atoms with Crippen molar-refractivity contribution in [1.82, 2.24) is 0 Å². The van der Waals surface area contributed by atoms with Gasteiger partial charge in [-0.05, 0) is 12.5 Å².